The molecule has 1 aliphatic heterocycles. The fourth-order valence-corrected chi connectivity index (χ4v) is 5.54. The summed E-state index contributed by atoms with van der Waals surface area (Å²) < 4.78 is 27.4. The maximum absolute atomic E-state index is 13.7. The number of nitrogens with zero attached hydrogens (tertiary/aromatic N) is 2. The van der Waals surface area contributed by atoms with Crippen LogP contribution in [-0.2, 0) is 9.84 Å². The molecule has 2 heterocycles. The molecule has 0 saturated carbocycles. The molecule has 0 bridgehead atoms. The number of fused-ring (bicyclic) bond motifs is 1. The number of pyridine rings is 1. The Morgan fingerprint density at radius 1 is 1.03 bits per heavy atom. The number of likely N-dealkylation sites (tertiary alicyclic amines) is 1. The van der Waals surface area contributed by atoms with Crippen LogP contribution in [0.3, 0.4) is 0 Å². The molecular weight excluding hydrogens is 408 g/mol. The molecule has 1 amide bonds. The van der Waals surface area contributed by atoms with Crippen LogP contribution in [0, 0.1) is 13.8 Å². The van der Waals surface area contributed by atoms with E-state index in [1.807, 2.05) is 13.8 Å². The van der Waals surface area contributed by atoms with Crippen molar-refractivity contribution in [1.82, 2.24) is 9.88 Å². The summed E-state index contributed by atoms with van der Waals surface area (Å²) in [6, 6.07) is 9.90. The van der Waals surface area contributed by atoms with Crippen molar-refractivity contribution in [2.24, 2.45) is 0 Å². The summed E-state index contributed by atoms with van der Waals surface area (Å²) in [7, 11) is -3.97. The third kappa shape index (κ3) is 3.51. The van der Waals surface area contributed by atoms with E-state index in [2.05, 4.69) is 4.98 Å². The molecule has 29 heavy (non-hydrogen) atoms. The smallest absolute Gasteiger partial charge is 0.256 e. The quantitative estimate of drug-likeness (QED) is 0.612. The van der Waals surface area contributed by atoms with Crippen LogP contribution in [-0.4, -0.2) is 37.3 Å². The van der Waals surface area contributed by atoms with Gasteiger partial charge in [0, 0.05) is 29.7 Å². The summed E-state index contributed by atoms with van der Waals surface area (Å²) in [6.07, 6.45) is 3.21. The molecule has 1 saturated heterocycles. The van der Waals surface area contributed by atoms with Gasteiger partial charge in [0.2, 0.25) is 9.84 Å². The first-order chi connectivity index (χ1) is 13.8. The van der Waals surface area contributed by atoms with Crippen molar-refractivity contribution >= 4 is 38.2 Å². The monoisotopic (exact) mass is 428 g/mol. The minimum Gasteiger partial charge on any atom is -0.339 e. The van der Waals surface area contributed by atoms with E-state index in [0.717, 1.165) is 24.0 Å². The van der Waals surface area contributed by atoms with Crippen LogP contribution in [0.25, 0.3) is 10.9 Å². The van der Waals surface area contributed by atoms with Gasteiger partial charge in [-0.25, -0.2) is 8.42 Å². The number of halogens is 1. The first kappa shape index (κ1) is 19.9. The van der Waals surface area contributed by atoms with E-state index < -0.39 is 9.84 Å². The first-order valence-corrected chi connectivity index (χ1v) is 11.3. The second-order valence-electron chi connectivity index (χ2n) is 7.41. The van der Waals surface area contributed by atoms with Crippen LogP contribution < -0.4 is 0 Å². The van der Waals surface area contributed by atoms with Crippen molar-refractivity contribution in [3.05, 3.63) is 64.3 Å². The number of sulfone groups is 1. The molecule has 5 nitrogen and oxygen atoms in total. The molecule has 2 aromatic carbocycles. The summed E-state index contributed by atoms with van der Waals surface area (Å²) in [4.78, 5) is 19.3. The lowest BCUT2D eigenvalue weighted by atomic mass is 10.1. The van der Waals surface area contributed by atoms with E-state index in [1.54, 1.807) is 41.3 Å². The van der Waals surface area contributed by atoms with Crippen LogP contribution in [0.2, 0.25) is 5.02 Å². The van der Waals surface area contributed by atoms with Crippen LogP contribution in [0.1, 0.15) is 34.3 Å². The number of amides is 1. The molecular formula is C22H21ClN2O3S. The summed E-state index contributed by atoms with van der Waals surface area (Å²) in [5.74, 6) is -0.306. The fourth-order valence-electron chi connectivity index (χ4n) is 3.67. The second-order valence-corrected chi connectivity index (χ2v) is 9.73. The highest BCUT2D eigenvalue weighted by atomic mass is 35.5. The third-order valence-corrected chi connectivity index (χ3v) is 7.55. The average molecular weight is 429 g/mol. The number of benzene rings is 2. The van der Waals surface area contributed by atoms with Crippen molar-refractivity contribution in [2.75, 3.05) is 13.1 Å². The molecule has 4 rings (SSSR count). The van der Waals surface area contributed by atoms with Crippen molar-refractivity contribution in [3.8, 4) is 0 Å². The van der Waals surface area contributed by atoms with Crippen LogP contribution in [0.15, 0.2) is 52.4 Å². The summed E-state index contributed by atoms with van der Waals surface area (Å²) in [6.45, 7) is 5.03. The molecule has 1 aliphatic rings. The van der Waals surface area contributed by atoms with E-state index >= 15 is 0 Å². The van der Waals surface area contributed by atoms with Gasteiger partial charge >= 0.3 is 0 Å². The van der Waals surface area contributed by atoms with Gasteiger partial charge in [0.05, 0.1) is 20.9 Å². The SMILES string of the molecule is Cc1ccc(S(=O)(=O)c2c(C(=O)N3CCCC3)cnc3ccc(Cl)cc23)cc1C. The lowest BCUT2D eigenvalue weighted by Gasteiger charge is -2.19. The predicted octanol–water partition coefficient (Wildman–Crippen LogP) is 4.57. The lowest BCUT2D eigenvalue weighted by molar-refractivity contribution is 0.0789. The molecule has 0 spiro atoms. The van der Waals surface area contributed by atoms with E-state index in [4.69, 9.17) is 11.6 Å². The number of aromatic nitrogens is 1. The van der Waals surface area contributed by atoms with Gasteiger partial charge < -0.3 is 4.90 Å². The second kappa shape index (κ2) is 7.43. The fraction of sp³-hybridized carbons (Fsp3) is 0.273. The maximum atomic E-state index is 13.7. The topological polar surface area (TPSA) is 67.3 Å². The third-order valence-electron chi connectivity index (χ3n) is 5.46. The van der Waals surface area contributed by atoms with Gasteiger partial charge in [-0.2, -0.15) is 0 Å². The average Bonchev–Trinajstić information content (AvgIpc) is 3.23. The molecule has 0 radical (unpaired) electrons. The van der Waals surface area contributed by atoms with Crippen molar-refractivity contribution in [1.29, 1.82) is 0 Å². The largest absolute Gasteiger partial charge is 0.339 e. The number of hydrogen-bond donors (Lipinski definition) is 0. The summed E-state index contributed by atoms with van der Waals surface area (Å²) in [5, 5.41) is 0.752. The highest BCUT2D eigenvalue weighted by Gasteiger charge is 2.31. The maximum Gasteiger partial charge on any atom is 0.256 e. The molecule has 0 atom stereocenters. The molecule has 0 aliphatic carbocycles. The Morgan fingerprint density at radius 2 is 1.76 bits per heavy atom. The van der Waals surface area contributed by atoms with Crippen LogP contribution in [0.5, 0.6) is 0 Å². The highest BCUT2D eigenvalue weighted by Crippen LogP contribution is 2.33. The highest BCUT2D eigenvalue weighted by molar-refractivity contribution is 7.91. The van der Waals surface area contributed by atoms with Crippen molar-refractivity contribution in [2.45, 2.75) is 36.5 Å². The van der Waals surface area contributed by atoms with Crippen molar-refractivity contribution in [3.63, 3.8) is 0 Å². The summed E-state index contributed by atoms with van der Waals surface area (Å²) in [5.41, 5.74) is 2.45. The minimum atomic E-state index is -3.97. The number of carbonyl (C=O) groups is 1. The predicted molar refractivity (Wildman–Crippen MR) is 113 cm³/mol. The van der Waals surface area contributed by atoms with Crippen molar-refractivity contribution < 1.29 is 13.2 Å². The zero-order valence-corrected chi connectivity index (χ0v) is 17.8. The number of hydrogen-bond acceptors (Lipinski definition) is 4. The van der Waals surface area contributed by atoms with E-state index in [9.17, 15) is 13.2 Å². The van der Waals surface area contributed by atoms with Gasteiger partial charge in [0.15, 0.2) is 0 Å². The zero-order chi connectivity index (χ0) is 20.8. The van der Waals surface area contributed by atoms with Gasteiger partial charge in [-0.1, -0.05) is 17.7 Å². The van der Waals surface area contributed by atoms with Gasteiger partial charge in [0.1, 0.15) is 0 Å². The number of aryl methyl sites for hydroxylation is 2. The summed E-state index contributed by atoms with van der Waals surface area (Å²) >= 11 is 6.17. The van der Waals surface area contributed by atoms with Gasteiger partial charge in [0.25, 0.3) is 5.91 Å². The molecule has 3 aromatic rings. The van der Waals surface area contributed by atoms with E-state index in [-0.39, 0.29) is 21.3 Å². The molecule has 0 N–H and O–H groups in total. The molecule has 0 unspecified atom stereocenters. The molecule has 1 aromatic heterocycles. The van der Waals surface area contributed by atoms with Gasteiger partial charge in [-0.05, 0) is 68.1 Å². The molecule has 1 fully saturated rings. The molecule has 7 heteroatoms. The Morgan fingerprint density at radius 3 is 2.45 bits per heavy atom. The van der Waals surface area contributed by atoms with Gasteiger partial charge in [-0.3, -0.25) is 9.78 Å². The Balaban J connectivity index is 2.01. The van der Waals surface area contributed by atoms with Crippen LogP contribution >= 0.6 is 11.6 Å². The Labute approximate surface area is 175 Å². The zero-order valence-electron chi connectivity index (χ0n) is 16.3. The standard InChI is InChI=1S/C22H21ClN2O3S/c1-14-5-7-17(11-15(14)2)29(27,28)21-18-12-16(23)6-8-20(18)24-13-19(21)22(26)25-9-3-4-10-25/h5-8,11-13H,3-4,9-10H2,1-2H3. The Kier molecular flexibility index (Phi) is 5.09. The lowest BCUT2D eigenvalue weighted by Crippen LogP contribution is -2.29. The van der Waals surface area contributed by atoms with E-state index in [0.29, 0.717) is 29.0 Å². The Hall–Kier alpha value is -2.44. The minimum absolute atomic E-state index is 0.0230. The molecule has 150 valence electrons. The van der Waals surface area contributed by atoms with E-state index in [1.165, 1.54) is 6.20 Å². The van der Waals surface area contributed by atoms with Crippen LogP contribution in [0.4, 0.5) is 0 Å². The van der Waals surface area contributed by atoms with Gasteiger partial charge in [-0.15, -0.1) is 0 Å². The Bertz CT molecular complexity index is 1230. The normalized spacial score (nSPS) is 14.5. The number of rotatable bonds is 3. The number of carbonyl (C=O) groups excluding carboxylic acids is 1. The first-order valence-electron chi connectivity index (χ1n) is 9.49.